The van der Waals surface area contributed by atoms with Gasteiger partial charge in [0.2, 0.25) is 5.91 Å². The van der Waals surface area contributed by atoms with Gasteiger partial charge in [-0.15, -0.1) is 0 Å². The Morgan fingerprint density at radius 2 is 0.716 bits per heavy atom. The lowest BCUT2D eigenvalue weighted by Gasteiger charge is -2.20. The summed E-state index contributed by atoms with van der Waals surface area (Å²) in [5, 5.41) is 23.2. The van der Waals surface area contributed by atoms with Gasteiger partial charge in [-0.2, -0.15) is 0 Å². The van der Waals surface area contributed by atoms with Gasteiger partial charge < -0.3 is 20.3 Å². The zero-order valence-corrected chi connectivity index (χ0v) is 44.9. The lowest BCUT2D eigenvalue weighted by Crippen LogP contribution is -2.45. The third-order valence-corrected chi connectivity index (χ3v) is 13.6. The monoisotopic (exact) mass is 942 g/mol. The first kappa shape index (κ1) is 65.1. The number of aliphatic hydroxyl groups excluding tert-OH is 2. The SMILES string of the molecule is CCCC/C=C\CCCCCCCC(=O)OCCCCCCCCCCCC/C=C\CCCCCCCCCC(=O)NC(CO)C(O)/C=C/CCCCCCCCCCCCCCCCCC. The van der Waals surface area contributed by atoms with E-state index in [1.807, 2.05) is 6.08 Å². The molecule has 0 aromatic carbocycles. The number of carbonyl (C=O) groups excluding carboxylic acids is 2. The van der Waals surface area contributed by atoms with Crippen molar-refractivity contribution in [3.8, 4) is 0 Å². The number of nitrogens with one attached hydrogen (secondary N) is 1. The third-order valence-electron chi connectivity index (χ3n) is 13.6. The van der Waals surface area contributed by atoms with Gasteiger partial charge in [-0.25, -0.2) is 0 Å². The molecule has 1 amide bonds. The van der Waals surface area contributed by atoms with Crippen LogP contribution in [0.4, 0.5) is 0 Å². The second-order valence-corrected chi connectivity index (χ2v) is 20.3. The van der Waals surface area contributed by atoms with E-state index in [1.165, 1.54) is 238 Å². The predicted molar refractivity (Wildman–Crippen MR) is 292 cm³/mol. The van der Waals surface area contributed by atoms with Crippen molar-refractivity contribution in [3.05, 3.63) is 36.5 Å². The standard InChI is InChI=1S/C61H115NO5/c1-3-5-7-9-11-13-15-16-17-18-24-27-30-34-37-41-45-49-53-59(64)58(57-63)62-60(65)54-50-46-42-38-35-31-28-25-22-20-19-21-23-26-29-32-36-40-44-48-52-56-67-61(66)55-51-47-43-39-33-14-12-10-8-6-4-2/h10,12,20,22,49,53,58-59,63-64H,3-9,11,13-19,21,23-48,50-52,54-57H2,1-2H3,(H,62,65)/b12-10-,22-20-,53-49+. The van der Waals surface area contributed by atoms with Crippen LogP contribution in [0.3, 0.4) is 0 Å². The summed E-state index contributed by atoms with van der Waals surface area (Å²) in [6.45, 7) is 4.87. The van der Waals surface area contributed by atoms with Gasteiger partial charge in [0, 0.05) is 12.8 Å². The number of carbonyl (C=O) groups is 2. The molecule has 2 atom stereocenters. The molecule has 394 valence electrons. The summed E-state index contributed by atoms with van der Waals surface area (Å²) < 4.78 is 5.45. The van der Waals surface area contributed by atoms with Crippen LogP contribution in [0, 0.1) is 0 Å². The number of ether oxygens (including phenoxy) is 1. The Hall–Kier alpha value is -1.92. The molecule has 0 aromatic heterocycles. The Morgan fingerprint density at radius 3 is 1.10 bits per heavy atom. The van der Waals surface area contributed by atoms with Crippen LogP contribution in [-0.2, 0) is 14.3 Å². The normalized spacial score (nSPS) is 12.8. The average Bonchev–Trinajstić information content (AvgIpc) is 3.33. The van der Waals surface area contributed by atoms with E-state index in [9.17, 15) is 19.8 Å². The average molecular weight is 943 g/mol. The minimum absolute atomic E-state index is 0.00368. The van der Waals surface area contributed by atoms with Crippen LogP contribution in [-0.4, -0.2) is 47.4 Å². The van der Waals surface area contributed by atoms with Crippen molar-refractivity contribution in [1.29, 1.82) is 0 Å². The molecular formula is C61H115NO5. The molecule has 0 saturated heterocycles. The smallest absolute Gasteiger partial charge is 0.305 e. The summed E-state index contributed by atoms with van der Waals surface area (Å²) in [6.07, 6.45) is 70.3. The highest BCUT2D eigenvalue weighted by Crippen LogP contribution is 2.16. The summed E-state index contributed by atoms with van der Waals surface area (Å²) in [7, 11) is 0. The summed E-state index contributed by atoms with van der Waals surface area (Å²) in [4.78, 5) is 24.5. The van der Waals surface area contributed by atoms with Gasteiger partial charge in [0.25, 0.3) is 0 Å². The van der Waals surface area contributed by atoms with Crippen LogP contribution in [0.1, 0.15) is 316 Å². The maximum absolute atomic E-state index is 12.5. The quantitative estimate of drug-likeness (QED) is 0.0321. The molecule has 0 spiro atoms. The minimum atomic E-state index is -0.850. The van der Waals surface area contributed by atoms with Gasteiger partial charge in [0.05, 0.1) is 25.4 Å². The number of rotatable bonds is 55. The van der Waals surface area contributed by atoms with Crippen molar-refractivity contribution in [2.45, 2.75) is 328 Å². The van der Waals surface area contributed by atoms with E-state index in [-0.39, 0.29) is 18.5 Å². The number of aliphatic hydroxyl groups is 2. The highest BCUT2D eigenvalue weighted by molar-refractivity contribution is 5.76. The molecule has 0 aromatic rings. The number of esters is 1. The van der Waals surface area contributed by atoms with Gasteiger partial charge in [-0.05, 0) is 77.0 Å². The molecule has 67 heavy (non-hydrogen) atoms. The number of unbranched alkanes of at least 4 members (excludes halogenated alkanes) is 40. The second-order valence-electron chi connectivity index (χ2n) is 20.3. The number of hydrogen-bond donors (Lipinski definition) is 3. The number of hydrogen-bond acceptors (Lipinski definition) is 5. The van der Waals surface area contributed by atoms with E-state index in [1.54, 1.807) is 6.08 Å². The fraction of sp³-hybridized carbons (Fsp3) is 0.869. The molecular weight excluding hydrogens is 827 g/mol. The molecule has 0 aliphatic carbocycles. The van der Waals surface area contributed by atoms with Crippen molar-refractivity contribution in [2.75, 3.05) is 13.2 Å². The van der Waals surface area contributed by atoms with Gasteiger partial charge in [0.1, 0.15) is 0 Å². The molecule has 0 aliphatic heterocycles. The molecule has 2 unspecified atom stereocenters. The summed E-state index contributed by atoms with van der Waals surface area (Å²) >= 11 is 0. The highest BCUT2D eigenvalue weighted by atomic mass is 16.5. The van der Waals surface area contributed by atoms with Crippen molar-refractivity contribution in [1.82, 2.24) is 5.32 Å². The molecule has 3 N–H and O–H groups in total. The number of allylic oxidation sites excluding steroid dienone is 5. The molecule has 0 heterocycles. The summed E-state index contributed by atoms with van der Waals surface area (Å²) in [5.74, 6) is -0.0780. The van der Waals surface area contributed by atoms with Gasteiger partial charge in [0.15, 0.2) is 0 Å². The van der Waals surface area contributed by atoms with Crippen molar-refractivity contribution in [2.24, 2.45) is 0 Å². The molecule has 0 saturated carbocycles. The van der Waals surface area contributed by atoms with Crippen LogP contribution in [0.2, 0.25) is 0 Å². The first-order chi connectivity index (χ1) is 33.0. The van der Waals surface area contributed by atoms with E-state index in [0.29, 0.717) is 19.4 Å². The Balaban J connectivity index is 3.47. The predicted octanol–water partition coefficient (Wildman–Crippen LogP) is 18.4. The molecule has 0 bridgehead atoms. The van der Waals surface area contributed by atoms with Crippen LogP contribution < -0.4 is 5.32 Å². The Labute approximate surface area is 417 Å². The molecule has 6 nitrogen and oxygen atoms in total. The van der Waals surface area contributed by atoms with Crippen LogP contribution in [0.5, 0.6) is 0 Å². The first-order valence-corrected chi connectivity index (χ1v) is 29.8. The van der Waals surface area contributed by atoms with Crippen molar-refractivity contribution >= 4 is 11.9 Å². The molecule has 0 radical (unpaired) electrons. The molecule has 0 rings (SSSR count). The maximum Gasteiger partial charge on any atom is 0.305 e. The zero-order chi connectivity index (χ0) is 48.6. The fourth-order valence-electron chi connectivity index (χ4n) is 9.02. The van der Waals surface area contributed by atoms with Gasteiger partial charge in [-0.1, -0.05) is 262 Å². The molecule has 0 aliphatic rings. The largest absolute Gasteiger partial charge is 0.466 e. The van der Waals surface area contributed by atoms with E-state index in [0.717, 1.165) is 51.4 Å². The maximum atomic E-state index is 12.5. The topological polar surface area (TPSA) is 95.9 Å². The van der Waals surface area contributed by atoms with E-state index < -0.39 is 12.1 Å². The lowest BCUT2D eigenvalue weighted by molar-refractivity contribution is -0.143. The minimum Gasteiger partial charge on any atom is -0.466 e. The highest BCUT2D eigenvalue weighted by Gasteiger charge is 2.18. The van der Waals surface area contributed by atoms with Crippen LogP contribution in [0.15, 0.2) is 36.5 Å². The Kier molecular flexibility index (Phi) is 55.0. The number of amides is 1. The van der Waals surface area contributed by atoms with E-state index in [4.69, 9.17) is 4.74 Å². The second kappa shape index (κ2) is 56.7. The Bertz CT molecular complexity index is 1090. The van der Waals surface area contributed by atoms with Crippen molar-refractivity contribution < 1.29 is 24.5 Å². The molecule has 0 fully saturated rings. The Morgan fingerprint density at radius 1 is 0.403 bits per heavy atom. The van der Waals surface area contributed by atoms with Crippen molar-refractivity contribution in [3.63, 3.8) is 0 Å². The fourth-order valence-corrected chi connectivity index (χ4v) is 9.02. The van der Waals surface area contributed by atoms with E-state index in [2.05, 4.69) is 43.5 Å². The lowest BCUT2D eigenvalue weighted by atomic mass is 10.0. The van der Waals surface area contributed by atoms with Gasteiger partial charge in [-0.3, -0.25) is 9.59 Å². The van der Waals surface area contributed by atoms with Crippen LogP contribution in [0.25, 0.3) is 0 Å². The van der Waals surface area contributed by atoms with Gasteiger partial charge >= 0.3 is 5.97 Å². The third kappa shape index (κ3) is 53.3. The summed E-state index contributed by atoms with van der Waals surface area (Å²) in [6, 6.07) is -0.634. The zero-order valence-electron chi connectivity index (χ0n) is 44.9. The van der Waals surface area contributed by atoms with E-state index >= 15 is 0 Å². The first-order valence-electron chi connectivity index (χ1n) is 29.8. The summed E-state index contributed by atoms with van der Waals surface area (Å²) in [5.41, 5.74) is 0. The molecule has 6 heteroatoms. The van der Waals surface area contributed by atoms with Crippen LogP contribution >= 0.6 is 0 Å².